The van der Waals surface area contributed by atoms with E-state index in [1.807, 2.05) is 6.92 Å². The van der Waals surface area contributed by atoms with Crippen molar-refractivity contribution < 1.29 is 9.13 Å². The fraction of sp³-hybridized carbons (Fsp3) is 0.333. The van der Waals surface area contributed by atoms with Crippen molar-refractivity contribution in [2.75, 3.05) is 12.8 Å². The van der Waals surface area contributed by atoms with Crippen molar-refractivity contribution in [1.29, 1.82) is 0 Å². The summed E-state index contributed by atoms with van der Waals surface area (Å²) >= 11 is 0. The smallest absolute Gasteiger partial charge is 0.146 e. The van der Waals surface area contributed by atoms with Crippen LogP contribution in [0.1, 0.15) is 18.6 Å². The predicted octanol–water partition coefficient (Wildman–Crippen LogP) is 2.12. The molecule has 0 aliphatic rings. The third-order valence-corrected chi connectivity index (χ3v) is 1.84. The van der Waals surface area contributed by atoms with E-state index in [1.165, 1.54) is 6.07 Å². The lowest BCUT2D eigenvalue weighted by Gasteiger charge is -2.10. The molecule has 66 valence electrons. The van der Waals surface area contributed by atoms with Gasteiger partial charge in [-0.3, -0.25) is 0 Å². The van der Waals surface area contributed by atoms with Crippen LogP contribution in [0.3, 0.4) is 0 Å². The number of anilines is 1. The van der Waals surface area contributed by atoms with E-state index >= 15 is 0 Å². The molecule has 1 unspecified atom stereocenters. The Kier molecular flexibility index (Phi) is 2.65. The average Bonchev–Trinajstić information content (AvgIpc) is 2.08. The molecule has 0 spiro atoms. The minimum absolute atomic E-state index is 0.0482. The number of hydrogen-bond donors (Lipinski definition) is 1. The zero-order valence-corrected chi connectivity index (χ0v) is 7.17. The lowest BCUT2D eigenvalue weighted by Crippen LogP contribution is -1.98. The molecule has 1 rings (SSSR count). The fourth-order valence-electron chi connectivity index (χ4n) is 0.951. The predicted molar refractivity (Wildman–Crippen MR) is 46.2 cm³/mol. The maximum absolute atomic E-state index is 12.7. The Morgan fingerprint density at radius 1 is 1.50 bits per heavy atom. The second-order valence-corrected chi connectivity index (χ2v) is 2.66. The standard InChI is InChI=1S/C9H12FNO/c1-6(12-2)7-3-4-8(10)9(11)5-7/h3-6H,11H2,1-2H3. The van der Waals surface area contributed by atoms with Crippen LogP contribution in [0.15, 0.2) is 18.2 Å². The Bertz CT molecular complexity index is 275. The number of nitrogen functional groups attached to an aromatic ring is 1. The molecule has 0 saturated carbocycles. The molecule has 0 aromatic heterocycles. The van der Waals surface area contributed by atoms with Crippen molar-refractivity contribution in [2.45, 2.75) is 13.0 Å². The van der Waals surface area contributed by atoms with Crippen LogP contribution >= 0.6 is 0 Å². The molecule has 0 amide bonds. The van der Waals surface area contributed by atoms with E-state index in [1.54, 1.807) is 19.2 Å². The summed E-state index contributed by atoms with van der Waals surface area (Å²) in [6.07, 6.45) is -0.0482. The van der Waals surface area contributed by atoms with Gasteiger partial charge in [0.2, 0.25) is 0 Å². The van der Waals surface area contributed by atoms with Gasteiger partial charge in [0, 0.05) is 7.11 Å². The normalized spacial score (nSPS) is 12.9. The summed E-state index contributed by atoms with van der Waals surface area (Å²) in [5.41, 5.74) is 6.43. The molecule has 1 aromatic carbocycles. The molecule has 12 heavy (non-hydrogen) atoms. The molecule has 1 aromatic rings. The van der Waals surface area contributed by atoms with Gasteiger partial charge < -0.3 is 10.5 Å². The highest BCUT2D eigenvalue weighted by atomic mass is 19.1. The number of hydrogen-bond acceptors (Lipinski definition) is 2. The first-order valence-electron chi connectivity index (χ1n) is 3.73. The van der Waals surface area contributed by atoms with Gasteiger partial charge in [0.1, 0.15) is 5.82 Å². The van der Waals surface area contributed by atoms with Gasteiger partial charge >= 0.3 is 0 Å². The van der Waals surface area contributed by atoms with E-state index in [0.717, 1.165) is 5.56 Å². The maximum Gasteiger partial charge on any atom is 0.146 e. The number of halogens is 1. The number of rotatable bonds is 2. The summed E-state index contributed by atoms with van der Waals surface area (Å²) in [5.74, 6) is -0.387. The number of benzene rings is 1. The highest BCUT2D eigenvalue weighted by Crippen LogP contribution is 2.19. The van der Waals surface area contributed by atoms with Gasteiger partial charge in [0.05, 0.1) is 11.8 Å². The Morgan fingerprint density at radius 3 is 2.67 bits per heavy atom. The number of methoxy groups -OCH3 is 1. The van der Waals surface area contributed by atoms with Crippen LogP contribution in [-0.4, -0.2) is 7.11 Å². The molecular weight excluding hydrogens is 157 g/mol. The van der Waals surface area contributed by atoms with Crippen LogP contribution in [-0.2, 0) is 4.74 Å². The summed E-state index contributed by atoms with van der Waals surface area (Å²) in [4.78, 5) is 0. The highest BCUT2D eigenvalue weighted by molar-refractivity contribution is 5.42. The van der Waals surface area contributed by atoms with Crippen LogP contribution in [0.5, 0.6) is 0 Å². The maximum atomic E-state index is 12.7. The van der Waals surface area contributed by atoms with Gasteiger partial charge in [-0.05, 0) is 24.6 Å². The lowest BCUT2D eigenvalue weighted by molar-refractivity contribution is 0.119. The summed E-state index contributed by atoms with van der Waals surface area (Å²) in [6, 6.07) is 4.60. The molecule has 0 bridgehead atoms. The van der Waals surface area contributed by atoms with Crippen molar-refractivity contribution in [2.24, 2.45) is 0 Å². The topological polar surface area (TPSA) is 35.2 Å². The number of ether oxygens (including phenoxy) is 1. The first kappa shape index (κ1) is 9.00. The molecule has 1 atom stereocenters. The van der Waals surface area contributed by atoms with Crippen LogP contribution in [0.2, 0.25) is 0 Å². The third kappa shape index (κ3) is 1.74. The van der Waals surface area contributed by atoms with E-state index in [2.05, 4.69) is 0 Å². The first-order chi connectivity index (χ1) is 5.65. The molecule has 0 heterocycles. The van der Waals surface area contributed by atoms with Crippen molar-refractivity contribution in [3.8, 4) is 0 Å². The molecule has 0 aliphatic carbocycles. The van der Waals surface area contributed by atoms with Gasteiger partial charge in [-0.2, -0.15) is 0 Å². The zero-order valence-electron chi connectivity index (χ0n) is 7.17. The van der Waals surface area contributed by atoms with Crippen LogP contribution < -0.4 is 5.73 Å². The van der Waals surface area contributed by atoms with Crippen molar-refractivity contribution in [3.63, 3.8) is 0 Å². The molecule has 2 N–H and O–H groups in total. The van der Waals surface area contributed by atoms with Gasteiger partial charge in [0.25, 0.3) is 0 Å². The lowest BCUT2D eigenvalue weighted by atomic mass is 10.1. The molecule has 0 aliphatic heterocycles. The van der Waals surface area contributed by atoms with E-state index in [4.69, 9.17) is 10.5 Å². The molecule has 0 fully saturated rings. The van der Waals surface area contributed by atoms with Crippen LogP contribution in [0, 0.1) is 5.82 Å². The highest BCUT2D eigenvalue weighted by Gasteiger charge is 2.05. The van der Waals surface area contributed by atoms with E-state index in [-0.39, 0.29) is 17.6 Å². The molecule has 0 radical (unpaired) electrons. The number of nitrogens with two attached hydrogens (primary N) is 1. The van der Waals surface area contributed by atoms with Crippen molar-refractivity contribution in [3.05, 3.63) is 29.6 Å². The van der Waals surface area contributed by atoms with Crippen molar-refractivity contribution in [1.82, 2.24) is 0 Å². The van der Waals surface area contributed by atoms with Crippen LogP contribution in [0.25, 0.3) is 0 Å². The summed E-state index contributed by atoms with van der Waals surface area (Å²) in [6.45, 7) is 1.88. The third-order valence-electron chi connectivity index (χ3n) is 1.84. The molecule has 3 heteroatoms. The molecular formula is C9H12FNO. The van der Waals surface area contributed by atoms with Crippen LogP contribution in [0.4, 0.5) is 10.1 Å². The summed E-state index contributed by atoms with van der Waals surface area (Å²) < 4.78 is 17.8. The van der Waals surface area contributed by atoms with E-state index in [9.17, 15) is 4.39 Å². The van der Waals surface area contributed by atoms with Gasteiger partial charge in [-0.25, -0.2) is 4.39 Å². The van der Waals surface area contributed by atoms with Gasteiger partial charge in [-0.1, -0.05) is 6.07 Å². The van der Waals surface area contributed by atoms with Crippen molar-refractivity contribution >= 4 is 5.69 Å². The quantitative estimate of drug-likeness (QED) is 0.688. The Labute approximate surface area is 71.1 Å². The fourth-order valence-corrected chi connectivity index (χ4v) is 0.951. The Hall–Kier alpha value is -1.09. The minimum Gasteiger partial charge on any atom is -0.396 e. The zero-order chi connectivity index (χ0) is 9.14. The monoisotopic (exact) mass is 169 g/mol. The molecule has 0 saturated heterocycles. The Morgan fingerprint density at radius 2 is 2.17 bits per heavy atom. The van der Waals surface area contributed by atoms with Gasteiger partial charge in [-0.15, -0.1) is 0 Å². The first-order valence-corrected chi connectivity index (χ1v) is 3.73. The second kappa shape index (κ2) is 3.54. The molecule has 2 nitrogen and oxygen atoms in total. The Balaban J connectivity index is 2.96. The SMILES string of the molecule is COC(C)c1ccc(F)c(N)c1. The average molecular weight is 169 g/mol. The van der Waals surface area contributed by atoms with E-state index < -0.39 is 0 Å². The minimum atomic E-state index is -0.387. The summed E-state index contributed by atoms with van der Waals surface area (Å²) in [7, 11) is 1.60. The summed E-state index contributed by atoms with van der Waals surface area (Å²) in [5, 5.41) is 0. The largest absolute Gasteiger partial charge is 0.396 e. The van der Waals surface area contributed by atoms with Gasteiger partial charge in [0.15, 0.2) is 0 Å². The van der Waals surface area contributed by atoms with E-state index in [0.29, 0.717) is 0 Å². The second-order valence-electron chi connectivity index (χ2n) is 2.66.